The van der Waals surface area contributed by atoms with Crippen molar-refractivity contribution in [2.75, 3.05) is 4.90 Å². The average Bonchev–Trinajstić information content (AvgIpc) is 3.37. The van der Waals surface area contributed by atoms with E-state index in [1.807, 2.05) is 0 Å². The van der Waals surface area contributed by atoms with Crippen molar-refractivity contribution >= 4 is 47.0 Å². The SMILES string of the molecule is O=C(O)N1C(=O)C2(c3ccccc31)C(C1CCCC1)CC(=O)N(Cl)C2c1cccc(Cl)c1. The van der Waals surface area contributed by atoms with Crippen LogP contribution >= 0.6 is 23.4 Å². The van der Waals surface area contributed by atoms with Crippen LogP contribution in [0.2, 0.25) is 5.02 Å². The summed E-state index contributed by atoms with van der Waals surface area (Å²) in [5.41, 5.74) is 0.232. The first-order chi connectivity index (χ1) is 15.4. The molecular formula is C24H22Cl2N2O4. The van der Waals surface area contributed by atoms with Crippen LogP contribution in [0.25, 0.3) is 0 Å². The molecule has 1 saturated heterocycles. The summed E-state index contributed by atoms with van der Waals surface area (Å²) in [6.07, 6.45) is 2.60. The Labute approximate surface area is 195 Å². The molecule has 1 aliphatic carbocycles. The van der Waals surface area contributed by atoms with Crippen molar-refractivity contribution in [3.63, 3.8) is 0 Å². The van der Waals surface area contributed by atoms with Crippen molar-refractivity contribution in [1.82, 2.24) is 4.42 Å². The van der Waals surface area contributed by atoms with Crippen LogP contribution in [0.15, 0.2) is 48.5 Å². The molecule has 0 aromatic heterocycles. The van der Waals surface area contributed by atoms with Gasteiger partial charge in [-0.2, -0.15) is 0 Å². The number of anilines is 1. The summed E-state index contributed by atoms with van der Waals surface area (Å²) >= 11 is 12.9. The van der Waals surface area contributed by atoms with Crippen LogP contribution in [0.1, 0.15) is 49.3 Å². The van der Waals surface area contributed by atoms with Crippen LogP contribution in [-0.2, 0) is 15.0 Å². The number of hydrogen-bond donors (Lipinski definition) is 1. The Morgan fingerprint density at radius 1 is 1.06 bits per heavy atom. The Morgan fingerprint density at radius 2 is 1.78 bits per heavy atom. The minimum Gasteiger partial charge on any atom is -0.464 e. The smallest absolute Gasteiger partial charge is 0.418 e. The van der Waals surface area contributed by atoms with Crippen LogP contribution < -0.4 is 4.90 Å². The standard InChI is InChI=1S/C24H22Cl2N2O4/c25-16-9-5-8-15(12-16)21-24(18(13-20(29)28(21)26)14-6-1-2-7-14)17-10-3-4-11-19(17)27(22(24)30)23(31)32/h3-5,8-12,14,18,21H,1-2,6-7,13H2,(H,31,32). The third kappa shape index (κ3) is 2.89. The van der Waals surface area contributed by atoms with Gasteiger partial charge >= 0.3 is 6.09 Å². The van der Waals surface area contributed by atoms with Gasteiger partial charge in [0.1, 0.15) is 5.41 Å². The fraction of sp³-hybridized carbons (Fsp3) is 0.375. The van der Waals surface area contributed by atoms with Crippen LogP contribution in [0.3, 0.4) is 0 Å². The number of amides is 3. The maximum Gasteiger partial charge on any atom is 0.418 e. The van der Waals surface area contributed by atoms with Crippen molar-refractivity contribution in [2.45, 2.75) is 43.6 Å². The fourth-order valence-electron chi connectivity index (χ4n) is 6.17. The average molecular weight is 473 g/mol. The highest BCUT2D eigenvalue weighted by Gasteiger charge is 2.67. The van der Waals surface area contributed by atoms with Gasteiger partial charge in [-0.05, 0) is 41.2 Å². The number of rotatable bonds is 2. The molecule has 6 nitrogen and oxygen atoms in total. The van der Waals surface area contributed by atoms with Crippen molar-refractivity contribution in [1.29, 1.82) is 0 Å². The van der Waals surface area contributed by atoms with E-state index in [1.54, 1.807) is 48.5 Å². The molecule has 2 fully saturated rings. The van der Waals surface area contributed by atoms with Crippen LogP contribution in [0, 0.1) is 11.8 Å². The Kier molecular flexibility index (Phi) is 5.18. The van der Waals surface area contributed by atoms with Gasteiger partial charge in [0.25, 0.3) is 0 Å². The van der Waals surface area contributed by atoms with Gasteiger partial charge < -0.3 is 5.11 Å². The molecule has 8 heteroatoms. The minimum atomic E-state index is -1.34. The van der Waals surface area contributed by atoms with E-state index in [0.717, 1.165) is 35.0 Å². The number of hydrogen-bond acceptors (Lipinski definition) is 3. The van der Waals surface area contributed by atoms with Gasteiger partial charge in [-0.1, -0.05) is 67.6 Å². The summed E-state index contributed by atoms with van der Waals surface area (Å²) in [7, 11) is 0. The molecule has 32 heavy (non-hydrogen) atoms. The molecule has 2 aliphatic heterocycles. The highest BCUT2D eigenvalue weighted by Crippen LogP contribution is 2.62. The number of benzene rings is 2. The van der Waals surface area contributed by atoms with E-state index < -0.39 is 23.5 Å². The molecule has 2 aromatic rings. The number of halogens is 2. The number of para-hydroxylation sites is 1. The monoisotopic (exact) mass is 472 g/mol. The summed E-state index contributed by atoms with van der Waals surface area (Å²) in [6.45, 7) is 0. The third-order valence-corrected chi connectivity index (χ3v) is 7.97. The van der Waals surface area contributed by atoms with Gasteiger partial charge in [0.05, 0.1) is 11.7 Å². The number of carboxylic acid groups (broad SMARTS) is 1. The fourth-order valence-corrected chi connectivity index (χ4v) is 6.71. The molecule has 3 atom stereocenters. The topological polar surface area (TPSA) is 77.9 Å². The summed E-state index contributed by atoms with van der Waals surface area (Å²) in [5.74, 6) is -1.06. The minimum absolute atomic E-state index is 0.0960. The van der Waals surface area contributed by atoms with E-state index >= 15 is 0 Å². The molecule has 0 bridgehead atoms. The van der Waals surface area contributed by atoms with E-state index in [9.17, 15) is 19.5 Å². The summed E-state index contributed by atoms with van der Waals surface area (Å²) in [4.78, 5) is 40.4. The first-order valence-electron chi connectivity index (χ1n) is 10.8. The molecule has 5 rings (SSSR count). The predicted molar refractivity (Wildman–Crippen MR) is 121 cm³/mol. The summed E-state index contributed by atoms with van der Waals surface area (Å²) in [5, 5.41) is 10.4. The number of imide groups is 1. The molecule has 1 saturated carbocycles. The van der Waals surface area contributed by atoms with E-state index in [2.05, 4.69) is 0 Å². The first-order valence-corrected chi connectivity index (χ1v) is 11.5. The van der Waals surface area contributed by atoms with Gasteiger partial charge in [0.2, 0.25) is 11.8 Å². The number of fused-ring (bicyclic) bond motifs is 2. The van der Waals surface area contributed by atoms with Crippen molar-refractivity contribution < 1.29 is 19.5 Å². The summed E-state index contributed by atoms with van der Waals surface area (Å²) in [6, 6.07) is 13.0. The second-order valence-corrected chi connectivity index (χ2v) is 9.63. The largest absolute Gasteiger partial charge is 0.464 e. The molecule has 2 heterocycles. The molecule has 166 valence electrons. The molecule has 0 radical (unpaired) electrons. The quantitative estimate of drug-likeness (QED) is 0.582. The van der Waals surface area contributed by atoms with E-state index in [0.29, 0.717) is 21.8 Å². The molecule has 1 spiro atoms. The lowest BCUT2D eigenvalue weighted by molar-refractivity contribution is -0.144. The third-order valence-electron chi connectivity index (χ3n) is 7.35. The van der Waals surface area contributed by atoms with Crippen molar-refractivity contribution in [3.05, 3.63) is 64.7 Å². The highest BCUT2D eigenvalue weighted by atomic mass is 35.5. The Morgan fingerprint density at radius 3 is 2.47 bits per heavy atom. The van der Waals surface area contributed by atoms with Gasteiger partial charge in [-0.3, -0.25) is 9.59 Å². The molecule has 3 amide bonds. The number of piperidine rings is 1. The van der Waals surface area contributed by atoms with Crippen LogP contribution in [0.4, 0.5) is 10.5 Å². The van der Waals surface area contributed by atoms with Crippen LogP contribution in [-0.4, -0.2) is 27.4 Å². The van der Waals surface area contributed by atoms with Gasteiger partial charge in [0.15, 0.2) is 0 Å². The lowest BCUT2D eigenvalue weighted by Gasteiger charge is -2.50. The number of nitrogens with zero attached hydrogens (tertiary/aromatic N) is 2. The Bertz CT molecular complexity index is 1120. The number of carbonyl (C=O) groups excluding carboxylic acids is 2. The van der Waals surface area contributed by atoms with E-state index in [-0.39, 0.29) is 24.2 Å². The number of carbonyl (C=O) groups is 3. The highest BCUT2D eigenvalue weighted by molar-refractivity contribution is 6.30. The normalized spacial score (nSPS) is 27.9. The second-order valence-electron chi connectivity index (χ2n) is 8.83. The maximum atomic E-state index is 14.2. The zero-order valence-corrected chi connectivity index (χ0v) is 18.7. The van der Waals surface area contributed by atoms with E-state index in [4.69, 9.17) is 23.4 Å². The molecular weight excluding hydrogens is 451 g/mol. The first kappa shape index (κ1) is 21.3. The zero-order valence-electron chi connectivity index (χ0n) is 17.2. The maximum absolute atomic E-state index is 14.2. The lowest BCUT2D eigenvalue weighted by atomic mass is 9.57. The molecule has 3 aliphatic rings. The van der Waals surface area contributed by atoms with Gasteiger partial charge in [-0.15, -0.1) is 0 Å². The molecule has 3 unspecified atom stereocenters. The van der Waals surface area contributed by atoms with Crippen LogP contribution in [0.5, 0.6) is 0 Å². The lowest BCUT2D eigenvalue weighted by Crippen LogP contribution is -2.60. The Hall–Kier alpha value is -2.57. The predicted octanol–water partition coefficient (Wildman–Crippen LogP) is 5.54. The van der Waals surface area contributed by atoms with Gasteiger partial charge in [0, 0.05) is 23.2 Å². The molecule has 2 aromatic carbocycles. The second kappa shape index (κ2) is 7.78. The van der Waals surface area contributed by atoms with Crippen molar-refractivity contribution in [2.24, 2.45) is 11.8 Å². The Balaban J connectivity index is 1.83. The summed E-state index contributed by atoms with van der Waals surface area (Å²) < 4.78 is 1.09. The zero-order chi connectivity index (χ0) is 22.6. The van der Waals surface area contributed by atoms with Crippen molar-refractivity contribution in [3.8, 4) is 0 Å². The molecule has 1 N–H and O–H groups in total. The van der Waals surface area contributed by atoms with E-state index in [1.165, 1.54) is 0 Å². The van der Waals surface area contributed by atoms with Gasteiger partial charge in [-0.25, -0.2) is 14.1 Å².